The molecule has 2 N–H and O–H groups in total. The molecule has 0 aromatic heterocycles. The molecule has 1 amide bonds. The first kappa shape index (κ1) is 19.2. The van der Waals surface area contributed by atoms with Gasteiger partial charge in [-0.05, 0) is 48.9 Å². The molecular weight excluding hydrogens is 341 g/mol. The Hall–Kier alpha value is -3.09. The maximum Gasteiger partial charge on any atom is 0.303 e. The van der Waals surface area contributed by atoms with Crippen LogP contribution in [0.15, 0.2) is 42.5 Å². The number of benzene rings is 2. The minimum Gasteiger partial charge on any atom is -0.496 e. The van der Waals surface area contributed by atoms with Crippen molar-refractivity contribution in [3.63, 3.8) is 0 Å². The van der Waals surface area contributed by atoms with E-state index >= 15 is 0 Å². The van der Waals surface area contributed by atoms with Crippen LogP contribution < -0.4 is 14.8 Å². The summed E-state index contributed by atoms with van der Waals surface area (Å²) in [5.74, 6) is -0.560. The number of anilines is 1. The Morgan fingerprint density at radius 1 is 1.15 bits per heavy atom. The number of carbonyl (C=O) groups is 2. The summed E-state index contributed by atoms with van der Waals surface area (Å²) in [5, 5.41) is 11.3. The molecule has 2 rings (SSSR count). The van der Waals surface area contributed by atoms with Gasteiger partial charge in [-0.25, -0.2) is 4.39 Å². The normalized spacial score (nSPS) is 10.2. The number of carboxylic acid groups (broad SMARTS) is 1. The highest BCUT2D eigenvalue weighted by Gasteiger charge is 2.10. The van der Waals surface area contributed by atoms with Crippen LogP contribution in [-0.2, 0) is 16.0 Å². The minimum absolute atomic E-state index is 0.0195. The number of amides is 1. The fraction of sp³-hybridized carbons (Fsp3) is 0.263. The second-order valence-corrected chi connectivity index (χ2v) is 5.55. The molecule has 0 bridgehead atoms. The molecule has 6 nitrogen and oxygen atoms in total. The smallest absolute Gasteiger partial charge is 0.303 e. The van der Waals surface area contributed by atoms with Crippen molar-refractivity contribution in [3.05, 3.63) is 53.8 Å². The van der Waals surface area contributed by atoms with Crippen molar-refractivity contribution < 1.29 is 28.6 Å². The molecule has 138 valence electrons. The number of carbonyl (C=O) groups excluding carboxylic acids is 1. The zero-order valence-electron chi connectivity index (χ0n) is 14.3. The van der Waals surface area contributed by atoms with Crippen LogP contribution in [0, 0.1) is 5.82 Å². The number of rotatable bonds is 9. The Balaban J connectivity index is 1.87. The molecule has 0 saturated heterocycles. The van der Waals surface area contributed by atoms with Gasteiger partial charge >= 0.3 is 5.97 Å². The lowest BCUT2D eigenvalue weighted by molar-refractivity contribution is -0.137. The molecule has 26 heavy (non-hydrogen) atoms. The van der Waals surface area contributed by atoms with Crippen LogP contribution in [0.5, 0.6) is 11.5 Å². The lowest BCUT2D eigenvalue weighted by Crippen LogP contribution is -2.15. The van der Waals surface area contributed by atoms with E-state index in [9.17, 15) is 14.0 Å². The van der Waals surface area contributed by atoms with Crippen LogP contribution in [0.3, 0.4) is 0 Å². The lowest BCUT2D eigenvalue weighted by Gasteiger charge is -2.10. The van der Waals surface area contributed by atoms with Gasteiger partial charge in [0.25, 0.3) is 0 Å². The predicted molar refractivity (Wildman–Crippen MR) is 94.1 cm³/mol. The average Bonchev–Trinajstić information content (AvgIpc) is 2.60. The minimum atomic E-state index is -0.860. The maximum atomic E-state index is 13.3. The fourth-order valence-electron chi connectivity index (χ4n) is 2.31. The van der Waals surface area contributed by atoms with E-state index in [2.05, 4.69) is 5.32 Å². The number of hydrogen-bond donors (Lipinski definition) is 2. The molecule has 0 spiro atoms. The van der Waals surface area contributed by atoms with Crippen LogP contribution in [0.4, 0.5) is 10.1 Å². The topological polar surface area (TPSA) is 84.9 Å². The van der Waals surface area contributed by atoms with Crippen LogP contribution >= 0.6 is 0 Å². The molecule has 2 aromatic rings. The van der Waals surface area contributed by atoms with Gasteiger partial charge in [0.1, 0.15) is 17.3 Å². The van der Waals surface area contributed by atoms with E-state index in [0.717, 1.165) is 0 Å². The summed E-state index contributed by atoms with van der Waals surface area (Å²) in [7, 11) is 1.46. The number of nitrogens with one attached hydrogen (secondary N) is 1. The van der Waals surface area contributed by atoms with Crippen LogP contribution in [-0.4, -0.2) is 30.7 Å². The molecule has 0 aliphatic rings. The Morgan fingerprint density at radius 2 is 1.88 bits per heavy atom. The molecular formula is C19H20FNO5. The summed E-state index contributed by atoms with van der Waals surface area (Å²) >= 11 is 0. The number of aliphatic carboxylic acids is 1. The Morgan fingerprint density at radius 3 is 2.54 bits per heavy atom. The quantitative estimate of drug-likeness (QED) is 0.670. The average molecular weight is 361 g/mol. The molecule has 0 fully saturated rings. The zero-order valence-corrected chi connectivity index (χ0v) is 14.3. The largest absolute Gasteiger partial charge is 0.496 e. The molecule has 0 unspecified atom stereocenters. The molecule has 0 heterocycles. The Bertz CT molecular complexity index is 761. The zero-order chi connectivity index (χ0) is 18.9. The summed E-state index contributed by atoms with van der Waals surface area (Å²) in [5.41, 5.74) is 1.03. The summed E-state index contributed by atoms with van der Waals surface area (Å²) < 4.78 is 23.9. The highest BCUT2D eigenvalue weighted by atomic mass is 19.1. The summed E-state index contributed by atoms with van der Waals surface area (Å²) in [6, 6.07) is 10.7. The number of carboxylic acids is 1. The highest BCUT2D eigenvalue weighted by Crippen LogP contribution is 2.21. The van der Waals surface area contributed by atoms with Gasteiger partial charge in [-0.2, -0.15) is 0 Å². The maximum absolute atomic E-state index is 13.3. The monoisotopic (exact) mass is 361 g/mol. The third-order valence-corrected chi connectivity index (χ3v) is 3.54. The van der Waals surface area contributed by atoms with E-state index < -0.39 is 11.8 Å². The second kappa shape index (κ2) is 9.41. The first-order valence-corrected chi connectivity index (χ1v) is 8.05. The SMILES string of the molecule is COc1ccc(F)cc1CC(=O)Nc1ccc(OCCCC(=O)O)cc1. The van der Waals surface area contributed by atoms with E-state index in [0.29, 0.717) is 35.8 Å². The highest BCUT2D eigenvalue weighted by molar-refractivity contribution is 5.92. The van der Waals surface area contributed by atoms with E-state index in [4.69, 9.17) is 14.6 Å². The van der Waals surface area contributed by atoms with Crippen molar-refractivity contribution >= 4 is 17.6 Å². The molecule has 7 heteroatoms. The van der Waals surface area contributed by atoms with E-state index in [1.165, 1.54) is 25.3 Å². The third-order valence-electron chi connectivity index (χ3n) is 3.54. The van der Waals surface area contributed by atoms with E-state index in [1.807, 2.05) is 0 Å². The van der Waals surface area contributed by atoms with Crippen LogP contribution in [0.25, 0.3) is 0 Å². The summed E-state index contributed by atoms with van der Waals surface area (Å²) in [6.07, 6.45) is 0.454. The standard InChI is InChI=1S/C19H20FNO5/c1-25-17-9-4-14(20)11-13(17)12-18(22)21-15-5-7-16(8-6-15)26-10-2-3-19(23)24/h4-9,11H,2-3,10,12H2,1H3,(H,21,22)(H,23,24). The second-order valence-electron chi connectivity index (χ2n) is 5.55. The van der Waals surface area contributed by atoms with Crippen molar-refractivity contribution in [3.8, 4) is 11.5 Å². The molecule has 0 radical (unpaired) electrons. The predicted octanol–water partition coefficient (Wildman–Crippen LogP) is 3.26. The van der Waals surface area contributed by atoms with Crippen molar-refractivity contribution in [1.29, 1.82) is 0 Å². The molecule has 0 aliphatic carbocycles. The van der Waals surface area contributed by atoms with Gasteiger partial charge in [-0.15, -0.1) is 0 Å². The third kappa shape index (κ3) is 6.08. The van der Waals surface area contributed by atoms with Crippen LogP contribution in [0.2, 0.25) is 0 Å². The molecule has 0 saturated carbocycles. The molecule has 2 aromatic carbocycles. The van der Waals surface area contributed by atoms with Crippen molar-refractivity contribution in [2.45, 2.75) is 19.3 Å². The van der Waals surface area contributed by atoms with E-state index in [1.54, 1.807) is 24.3 Å². The molecule has 0 atom stereocenters. The van der Waals surface area contributed by atoms with Crippen molar-refractivity contribution in [2.24, 2.45) is 0 Å². The Labute approximate surface area is 150 Å². The van der Waals surface area contributed by atoms with Gasteiger partial charge in [-0.3, -0.25) is 9.59 Å². The first-order valence-electron chi connectivity index (χ1n) is 8.05. The van der Waals surface area contributed by atoms with Crippen molar-refractivity contribution in [2.75, 3.05) is 19.0 Å². The van der Waals surface area contributed by atoms with Gasteiger partial charge in [0.15, 0.2) is 0 Å². The fourth-order valence-corrected chi connectivity index (χ4v) is 2.31. The van der Waals surface area contributed by atoms with Crippen molar-refractivity contribution in [1.82, 2.24) is 0 Å². The van der Waals surface area contributed by atoms with Crippen LogP contribution in [0.1, 0.15) is 18.4 Å². The number of methoxy groups -OCH3 is 1. The molecule has 0 aliphatic heterocycles. The van der Waals surface area contributed by atoms with Gasteiger partial charge in [0.2, 0.25) is 5.91 Å². The Kier molecular flexibility index (Phi) is 6.96. The number of halogens is 1. The van der Waals surface area contributed by atoms with Gasteiger partial charge in [0.05, 0.1) is 20.1 Å². The number of hydrogen-bond acceptors (Lipinski definition) is 4. The first-order chi connectivity index (χ1) is 12.5. The van der Waals surface area contributed by atoms with Gasteiger partial charge < -0.3 is 19.9 Å². The lowest BCUT2D eigenvalue weighted by atomic mass is 10.1. The summed E-state index contributed by atoms with van der Waals surface area (Å²) in [4.78, 5) is 22.6. The van der Waals surface area contributed by atoms with E-state index in [-0.39, 0.29) is 18.7 Å². The van der Waals surface area contributed by atoms with Gasteiger partial charge in [-0.1, -0.05) is 0 Å². The summed E-state index contributed by atoms with van der Waals surface area (Å²) in [6.45, 7) is 0.303. The van der Waals surface area contributed by atoms with Gasteiger partial charge in [0, 0.05) is 17.7 Å². The number of ether oxygens (including phenoxy) is 2.